The Hall–Kier alpha value is -4.34. The van der Waals surface area contributed by atoms with Gasteiger partial charge in [0.2, 0.25) is 23.6 Å². The molecule has 0 heterocycles. The van der Waals surface area contributed by atoms with Crippen LogP contribution in [0.15, 0.2) is 48.5 Å². The van der Waals surface area contributed by atoms with Crippen LogP contribution in [0.3, 0.4) is 0 Å². The van der Waals surface area contributed by atoms with E-state index < -0.39 is 66.9 Å². The van der Waals surface area contributed by atoms with Crippen LogP contribution in [0.25, 0.3) is 0 Å². The van der Waals surface area contributed by atoms with Crippen LogP contribution >= 0.6 is 11.8 Å². The van der Waals surface area contributed by atoms with Crippen molar-refractivity contribution in [3.63, 3.8) is 0 Å². The van der Waals surface area contributed by atoms with Crippen molar-refractivity contribution < 1.29 is 44.4 Å². The largest absolute Gasteiger partial charge is 0.508 e. The summed E-state index contributed by atoms with van der Waals surface area (Å²) in [6, 6.07) is 6.64. The van der Waals surface area contributed by atoms with Gasteiger partial charge in [-0.1, -0.05) is 24.3 Å². The van der Waals surface area contributed by atoms with Gasteiger partial charge in [-0.15, -0.1) is 0 Å². The van der Waals surface area contributed by atoms with E-state index in [-0.39, 0.29) is 30.8 Å². The Bertz CT molecular complexity index is 1240. The van der Waals surface area contributed by atoms with Gasteiger partial charge in [-0.25, -0.2) is 4.79 Å². The molecule has 0 saturated heterocycles. The summed E-state index contributed by atoms with van der Waals surface area (Å²) in [7, 11) is 0. The lowest BCUT2D eigenvalue weighted by molar-refractivity contribution is -0.143. The van der Waals surface area contributed by atoms with Crippen molar-refractivity contribution in [1.82, 2.24) is 21.3 Å². The number of aliphatic hydroxyl groups excluding tert-OH is 1. The van der Waals surface area contributed by atoms with Crippen LogP contribution in [-0.4, -0.2) is 99.4 Å². The van der Waals surface area contributed by atoms with Crippen molar-refractivity contribution in [2.45, 2.75) is 43.4 Å². The van der Waals surface area contributed by atoms with Gasteiger partial charge in [0.1, 0.15) is 35.7 Å². The van der Waals surface area contributed by atoms with E-state index in [1.807, 2.05) is 0 Å². The van der Waals surface area contributed by atoms with Crippen LogP contribution in [0.2, 0.25) is 0 Å². The maximum absolute atomic E-state index is 13.6. The molecule has 2 aromatic carbocycles. The number of aliphatic carboxylic acids is 1. The number of carboxylic acid groups (broad SMARTS) is 1. The average molecular weight is 620 g/mol. The minimum absolute atomic E-state index is 0.00188. The van der Waals surface area contributed by atoms with Gasteiger partial charge in [0.15, 0.2) is 0 Å². The maximum atomic E-state index is 13.6. The number of amides is 4. The van der Waals surface area contributed by atoms with Crippen LogP contribution in [0.4, 0.5) is 0 Å². The maximum Gasteiger partial charge on any atom is 0.328 e. The highest BCUT2D eigenvalue weighted by atomic mass is 32.2. The minimum Gasteiger partial charge on any atom is -0.508 e. The summed E-state index contributed by atoms with van der Waals surface area (Å²) < 4.78 is 0. The fourth-order valence-corrected chi connectivity index (χ4v) is 4.39. The molecule has 0 unspecified atom stereocenters. The van der Waals surface area contributed by atoms with Crippen molar-refractivity contribution in [2.24, 2.45) is 5.73 Å². The molecular weight excluding hydrogens is 582 g/mol. The van der Waals surface area contributed by atoms with Gasteiger partial charge >= 0.3 is 5.97 Å². The van der Waals surface area contributed by atoms with Gasteiger partial charge in [0, 0.05) is 12.8 Å². The van der Waals surface area contributed by atoms with Gasteiger partial charge in [0.05, 0.1) is 13.2 Å². The first-order valence-corrected chi connectivity index (χ1v) is 14.7. The number of benzene rings is 2. The van der Waals surface area contributed by atoms with E-state index >= 15 is 0 Å². The average Bonchev–Trinajstić information content (AvgIpc) is 2.98. The molecule has 14 nitrogen and oxygen atoms in total. The van der Waals surface area contributed by atoms with E-state index in [4.69, 9.17) is 5.73 Å². The third-order valence-corrected chi connectivity index (χ3v) is 6.91. The Morgan fingerprint density at radius 1 is 0.721 bits per heavy atom. The molecule has 0 fully saturated rings. The van der Waals surface area contributed by atoms with Crippen molar-refractivity contribution >= 4 is 41.4 Å². The number of hydrogen-bond donors (Lipinski definition) is 9. The first-order valence-electron chi connectivity index (χ1n) is 13.3. The van der Waals surface area contributed by atoms with E-state index in [1.165, 1.54) is 36.0 Å². The van der Waals surface area contributed by atoms with E-state index in [0.717, 1.165) is 0 Å². The molecule has 4 atom stereocenters. The number of phenolic OH excluding ortho intramolecular Hbond substituents is 2. The molecule has 2 rings (SSSR count). The molecule has 0 bridgehead atoms. The second kappa shape index (κ2) is 17.6. The van der Waals surface area contributed by atoms with Crippen molar-refractivity contribution in [1.29, 1.82) is 0 Å². The highest BCUT2D eigenvalue weighted by molar-refractivity contribution is 7.98. The molecule has 0 aliphatic carbocycles. The number of nitrogens with two attached hydrogens (primary N) is 1. The van der Waals surface area contributed by atoms with E-state index in [9.17, 15) is 44.4 Å². The van der Waals surface area contributed by atoms with Gasteiger partial charge in [0.25, 0.3) is 0 Å². The number of hydrogen-bond acceptors (Lipinski definition) is 10. The van der Waals surface area contributed by atoms with E-state index in [2.05, 4.69) is 21.3 Å². The quantitative estimate of drug-likeness (QED) is 0.0998. The SMILES string of the molecule is CSCC[C@H](NC(=O)[C@H](Cc1ccc(O)cc1)NC(=O)[C@H](Cc1ccc(O)cc1)NC(=O)CN)C(=O)N[C@@H](CO)C(=O)O. The topological polar surface area (TPSA) is 240 Å². The summed E-state index contributed by atoms with van der Waals surface area (Å²) in [6.45, 7) is -1.26. The molecule has 15 heteroatoms. The zero-order chi connectivity index (χ0) is 31.9. The molecule has 0 aliphatic rings. The minimum atomic E-state index is -1.58. The molecule has 0 spiro atoms. The Morgan fingerprint density at radius 3 is 1.56 bits per heavy atom. The third-order valence-electron chi connectivity index (χ3n) is 6.26. The standard InChI is InChI=1S/C28H37N5O9S/c1-43-11-10-20(25(38)33-23(15-34)28(41)42)31-27(40)22(13-17-4-8-19(36)9-5-17)32-26(39)21(30-24(37)14-29)12-16-2-6-18(35)7-3-16/h2-9,20-23,34-36H,10-15,29H2,1H3,(H,30,37)(H,31,40)(H,32,39)(H,33,38)(H,41,42)/t20-,21-,22-,23-/m0/s1. The Kier molecular flexibility index (Phi) is 14.2. The van der Waals surface area contributed by atoms with Crippen LogP contribution in [0.1, 0.15) is 17.5 Å². The second-order valence-electron chi connectivity index (χ2n) is 9.55. The smallest absolute Gasteiger partial charge is 0.328 e. The third kappa shape index (κ3) is 11.8. The number of carbonyl (C=O) groups excluding carboxylic acids is 4. The first kappa shape index (κ1) is 34.9. The summed E-state index contributed by atoms with van der Waals surface area (Å²) in [5, 5.41) is 47.6. The molecular formula is C28H37N5O9S. The number of phenols is 2. The van der Waals surface area contributed by atoms with Gasteiger partial charge < -0.3 is 47.4 Å². The highest BCUT2D eigenvalue weighted by Gasteiger charge is 2.31. The predicted octanol–water partition coefficient (Wildman–Crippen LogP) is -1.39. The van der Waals surface area contributed by atoms with E-state index in [0.29, 0.717) is 16.9 Å². The normalized spacial score (nSPS) is 13.6. The number of aliphatic hydroxyl groups is 1. The molecule has 0 radical (unpaired) electrons. The second-order valence-corrected chi connectivity index (χ2v) is 10.5. The molecule has 0 aliphatic heterocycles. The van der Waals surface area contributed by atoms with Gasteiger partial charge in [-0.2, -0.15) is 11.8 Å². The lowest BCUT2D eigenvalue weighted by Crippen LogP contribution is -2.59. The number of aromatic hydroxyl groups is 2. The Labute approximate surface area is 252 Å². The van der Waals surface area contributed by atoms with Crippen molar-refractivity contribution in [2.75, 3.05) is 25.2 Å². The number of thioether (sulfide) groups is 1. The Morgan fingerprint density at radius 2 is 1.14 bits per heavy atom. The fourth-order valence-electron chi connectivity index (χ4n) is 3.91. The molecule has 0 saturated carbocycles. The molecule has 10 N–H and O–H groups in total. The highest BCUT2D eigenvalue weighted by Crippen LogP contribution is 2.14. The first-order chi connectivity index (χ1) is 20.5. The van der Waals surface area contributed by atoms with Gasteiger partial charge in [-0.05, 0) is 53.8 Å². The molecule has 0 aromatic heterocycles. The Balaban J connectivity index is 2.34. The predicted molar refractivity (Wildman–Crippen MR) is 158 cm³/mol. The molecule has 4 amide bonds. The van der Waals surface area contributed by atoms with Crippen LogP contribution in [0.5, 0.6) is 11.5 Å². The van der Waals surface area contributed by atoms with Crippen molar-refractivity contribution in [3.8, 4) is 11.5 Å². The summed E-state index contributed by atoms with van der Waals surface area (Å²) in [4.78, 5) is 63.3. The lowest BCUT2D eigenvalue weighted by atomic mass is 10.0. The van der Waals surface area contributed by atoms with Crippen LogP contribution in [0, 0.1) is 0 Å². The van der Waals surface area contributed by atoms with E-state index in [1.54, 1.807) is 30.5 Å². The van der Waals surface area contributed by atoms with Crippen LogP contribution < -0.4 is 27.0 Å². The molecule has 43 heavy (non-hydrogen) atoms. The zero-order valence-electron chi connectivity index (χ0n) is 23.5. The zero-order valence-corrected chi connectivity index (χ0v) is 24.3. The number of carboxylic acids is 1. The summed E-state index contributed by atoms with van der Waals surface area (Å²) in [5.74, 6) is -4.00. The number of rotatable bonds is 17. The van der Waals surface area contributed by atoms with Gasteiger partial charge in [-0.3, -0.25) is 19.2 Å². The summed E-state index contributed by atoms with van der Waals surface area (Å²) in [6.07, 6.45) is 1.83. The van der Waals surface area contributed by atoms with Crippen LogP contribution in [-0.2, 0) is 36.8 Å². The summed E-state index contributed by atoms with van der Waals surface area (Å²) >= 11 is 1.39. The fraction of sp³-hybridized carbons (Fsp3) is 0.393. The van der Waals surface area contributed by atoms with Crippen molar-refractivity contribution in [3.05, 3.63) is 59.7 Å². The monoisotopic (exact) mass is 619 g/mol. The lowest BCUT2D eigenvalue weighted by Gasteiger charge is -2.26. The summed E-state index contributed by atoms with van der Waals surface area (Å²) in [5.41, 5.74) is 6.58. The number of carbonyl (C=O) groups is 5. The molecule has 2 aromatic rings. The number of nitrogens with one attached hydrogen (secondary N) is 4. The molecule has 234 valence electrons.